The summed E-state index contributed by atoms with van der Waals surface area (Å²) in [4.78, 5) is 31.7. The fourth-order valence-corrected chi connectivity index (χ4v) is 4.62. The predicted molar refractivity (Wildman–Crippen MR) is 122 cm³/mol. The number of aromatic nitrogens is 1. The summed E-state index contributed by atoms with van der Waals surface area (Å²) in [5.74, 6) is -1.06. The van der Waals surface area contributed by atoms with E-state index in [1.807, 2.05) is 0 Å². The Morgan fingerprint density at radius 3 is 2.14 bits per heavy atom. The third kappa shape index (κ3) is 4.21. The quantitative estimate of drug-likeness (QED) is 0.351. The first-order chi connectivity index (χ1) is 16.7. The van der Waals surface area contributed by atoms with Gasteiger partial charge in [-0.3, -0.25) is 9.78 Å². The van der Waals surface area contributed by atoms with Crippen molar-refractivity contribution in [3.8, 4) is 11.1 Å². The molecule has 3 amide bonds. The van der Waals surface area contributed by atoms with E-state index in [9.17, 15) is 35.6 Å². The zero-order valence-electron chi connectivity index (χ0n) is 19.0. The van der Waals surface area contributed by atoms with E-state index in [-0.39, 0.29) is 12.2 Å². The van der Waals surface area contributed by atoms with Gasteiger partial charge in [0.25, 0.3) is 15.7 Å². The van der Waals surface area contributed by atoms with Gasteiger partial charge in [-0.2, -0.15) is 13.2 Å². The van der Waals surface area contributed by atoms with Gasteiger partial charge in [-0.1, -0.05) is 12.1 Å². The molecule has 3 aromatic rings. The van der Waals surface area contributed by atoms with Crippen LogP contribution in [-0.2, 0) is 21.2 Å². The minimum absolute atomic E-state index is 0.0240. The Kier molecular flexibility index (Phi) is 6.11. The summed E-state index contributed by atoms with van der Waals surface area (Å²) >= 11 is 0. The third-order valence-corrected chi connectivity index (χ3v) is 7.43. The number of rotatable bonds is 5. The monoisotopic (exact) mass is 521 g/mol. The molecule has 0 unspecified atom stereocenters. The molecule has 1 saturated heterocycles. The lowest BCUT2D eigenvalue weighted by Gasteiger charge is -2.28. The van der Waals surface area contributed by atoms with Crippen LogP contribution in [0, 0.1) is 5.82 Å². The molecule has 36 heavy (non-hydrogen) atoms. The number of imide groups is 1. The van der Waals surface area contributed by atoms with Gasteiger partial charge in [0, 0.05) is 24.5 Å². The molecule has 0 N–H and O–H groups in total. The van der Waals surface area contributed by atoms with Crippen LogP contribution in [0.25, 0.3) is 11.1 Å². The molecule has 1 aliphatic heterocycles. The van der Waals surface area contributed by atoms with Gasteiger partial charge in [-0.05, 0) is 67.4 Å². The number of benzene rings is 2. The highest BCUT2D eigenvalue weighted by Crippen LogP contribution is 2.36. The smallest absolute Gasteiger partial charge is 0.305 e. The Hall–Kier alpha value is -3.80. The van der Waals surface area contributed by atoms with E-state index < -0.39 is 43.5 Å². The summed E-state index contributed by atoms with van der Waals surface area (Å²) in [6.07, 6.45) is 3.06. The predicted octanol–water partition coefficient (Wildman–Crippen LogP) is 4.93. The Bertz CT molecular complexity index is 1440. The SMILES string of the molecule is CC1(C)C(=O)N(c2ccc(S(=O)(=O)C(F)(F)F)cc2)C(=O)N1Cc1ccncc1-c1ccc(F)cc1. The van der Waals surface area contributed by atoms with Crippen LogP contribution in [0.15, 0.2) is 71.9 Å². The molecular weight excluding hydrogens is 502 g/mol. The normalized spacial score (nSPS) is 16.1. The number of urea groups is 1. The van der Waals surface area contributed by atoms with Crippen LogP contribution in [0.1, 0.15) is 19.4 Å². The van der Waals surface area contributed by atoms with E-state index in [1.165, 1.54) is 37.1 Å². The molecule has 1 aliphatic rings. The summed E-state index contributed by atoms with van der Waals surface area (Å²) in [6, 6.07) is 9.95. The van der Waals surface area contributed by atoms with Crippen LogP contribution in [0.5, 0.6) is 0 Å². The van der Waals surface area contributed by atoms with Crippen molar-refractivity contribution in [3.05, 3.63) is 78.4 Å². The van der Waals surface area contributed by atoms with Crippen LogP contribution in [0.3, 0.4) is 0 Å². The van der Waals surface area contributed by atoms with Crippen molar-refractivity contribution >= 4 is 27.5 Å². The Labute approximate surface area is 203 Å². The van der Waals surface area contributed by atoms with Crippen molar-refractivity contribution < 1.29 is 35.6 Å². The van der Waals surface area contributed by atoms with E-state index in [2.05, 4.69) is 4.98 Å². The number of anilines is 1. The fraction of sp³-hybridized carbons (Fsp3) is 0.208. The third-order valence-electron chi connectivity index (χ3n) is 5.93. The van der Waals surface area contributed by atoms with Crippen molar-refractivity contribution in [2.24, 2.45) is 0 Å². The van der Waals surface area contributed by atoms with Gasteiger partial charge in [0.15, 0.2) is 0 Å². The number of amides is 3. The topological polar surface area (TPSA) is 87.7 Å². The standard InChI is InChI=1S/C24H19F4N3O4S/c1-23(2)21(32)31(18-7-9-19(10-8-18)36(34,35)24(26,27)28)22(33)30(23)14-16-11-12-29-13-20(16)15-3-5-17(25)6-4-15/h3-13H,14H2,1-2H3. The van der Waals surface area contributed by atoms with Crippen molar-refractivity contribution in [1.29, 1.82) is 0 Å². The Balaban J connectivity index is 1.67. The van der Waals surface area contributed by atoms with Crippen LogP contribution in [-0.4, -0.2) is 41.3 Å². The lowest BCUT2D eigenvalue weighted by atomic mass is 9.99. The first-order valence-electron chi connectivity index (χ1n) is 10.5. The summed E-state index contributed by atoms with van der Waals surface area (Å²) in [6.45, 7) is 3.02. The van der Waals surface area contributed by atoms with Gasteiger partial charge in [0.1, 0.15) is 11.4 Å². The van der Waals surface area contributed by atoms with Crippen molar-refractivity contribution in [3.63, 3.8) is 0 Å². The number of sulfone groups is 1. The van der Waals surface area contributed by atoms with Crippen molar-refractivity contribution in [2.75, 3.05) is 4.90 Å². The average Bonchev–Trinajstić information content (AvgIpc) is 2.98. The summed E-state index contributed by atoms with van der Waals surface area (Å²) in [5, 5.41) is 0. The molecular formula is C24H19F4N3O4S. The second-order valence-corrected chi connectivity index (χ2v) is 10.5. The molecule has 7 nitrogen and oxygen atoms in total. The van der Waals surface area contributed by atoms with E-state index in [4.69, 9.17) is 0 Å². The maximum atomic E-state index is 13.4. The summed E-state index contributed by atoms with van der Waals surface area (Å²) < 4.78 is 75.2. The molecule has 1 aromatic heterocycles. The van der Waals surface area contributed by atoms with E-state index >= 15 is 0 Å². The highest BCUT2D eigenvalue weighted by Gasteiger charge is 2.52. The second kappa shape index (κ2) is 8.70. The van der Waals surface area contributed by atoms with Gasteiger partial charge in [0.05, 0.1) is 10.6 Å². The Morgan fingerprint density at radius 1 is 0.944 bits per heavy atom. The number of hydrogen-bond donors (Lipinski definition) is 0. The van der Waals surface area contributed by atoms with Gasteiger partial charge in [0.2, 0.25) is 0 Å². The number of alkyl halides is 3. The van der Waals surface area contributed by atoms with Crippen LogP contribution in [0.4, 0.5) is 28.0 Å². The van der Waals surface area contributed by atoms with Gasteiger partial charge < -0.3 is 4.90 Å². The van der Waals surface area contributed by atoms with Gasteiger partial charge in [-0.15, -0.1) is 0 Å². The molecule has 0 aliphatic carbocycles. The lowest BCUT2D eigenvalue weighted by molar-refractivity contribution is -0.123. The van der Waals surface area contributed by atoms with E-state index in [0.29, 0.717) is 28.8 Å². The van der Waals surface area contributed by atoms with E-state index in [1.54, 1.807) is 24.4 Å². The average molecular weight is 521 g/mol. The molecule has 0 bridgehead atoms. The van der Waals surface area contributed by atoms with Crippen LogP contribution >= 0.6 is 0 Å². The zero-order chi connectivity index (χ0) is 26.5. The highest BCUT2D eigenvalue weighted by molar-refractivity contribution is 7.92. The maximum Gasteiger partial charge on any atom is 0.501 e. The number of carbonyl (C=O) groups excluding carboxylic acids is 2. The van der Waals surface area contributed by atoms with Crippen molar-refractivity contribution in [1.82, 2.24) is 9.88 Å². The van der Waals surface area contributed by atoms with Gasteiger partial charge in [-0.25, -0.2) is 22.5 Å². The zero-order valence-corrected chi connectivity index (χ0v) is 19.8. The van der Waals surface area contributed by atoms with E-state index in [0.717, 1.165) is 17.0 Å². The molecule has 0 radical (unpaired) electrons. The van der Waals surface area contributed by atoms with Crippen LogP contribution in [0.2, 0.25) is 0 Å². The first-order valence-corrected chi connectivity index (χ1v) is 12.0. The largest absolute Gasteiger partial charge is 0.501 e. The first kappa shape index (κ1) is 25.3. The molecule has 1 fully saturated rings. The van der Waals surface area contributed by atoms with Crippen LogP contribution < -0.4 is 4.90 Å². The van der Waals surface area contributed by atoms with Gasteiger partial charge >= 0.3 is 11.5 Å². The molecule has 4 rings (SSSR count). The fourth-order valence-electron chi connectivity index (χ4n) is 3.86. The maximum absolute atomic E-state index is 13.4. The summed E-state index contributed by atoms with van der Waals surface area (Å²) in [7, 11) is -5.58. The number of halogens is 4. The summed E-state index contributed by atoms with van der Waals surface area (Å²) in [5.41, 5.74) is -5.01. The number of hydrogen-bond acceptors (Lipinski definition) is 5. The molecule has 0 saturated carbocycles. The molecule has 188 valence electrons. The molecule has 2 aromatic carbocycles. The molecule has 0 atom stereocenters. The Morgan fingerprint density at radius 2 is 1.56 bits per heavy atom. The minimum atomic E-state index is -5.58. The van der Waals surface area contributed by atoms with Crippen molar-refractivity contribution in [2.45, 2.75) is 36.3 Å². The number of pyridine rings is 1. The molecule has 2 heterocycles. The molecule has 12 heteroatoms. The lowest BCUT2D eigenvalue weighted by Crippen LogP contribution is -2.43. The second-order valence-electron chi connectivity index (χ2n) is 8.55. The highest BCUT2D eigenvalue weighted by atomic mass is 32.2. The number of nitrogens with zero attached hydrogens (tertiary/aromatic N) is 3. The number of carbonyl (C=O) groups is 2. The minimum Gasteiger partial charge on any atom is -0.305 e. The molecule has 0 spiro atoms.